The van der Waals surface area contributed by atoms with E-state index in [0.717, 1.165) is 29.4 Å². The normalized spacial score (nSPS) is 18.8. The van der Waals surface area contributed by atoms with Gasteiger partial charge in [0.1, 0.15) is 5.65 Å². The van der Waals surface area contributed by atoms with Gasteiger partial charge in [-0.1, -0.05) is 42.1 Å². The molecule has 0 bridgehead atoms. The van der Waals surface area contributed by atoms with E-state index >= 15 is 0 Å². The Morgan fingerprint density at radius 3 is 2.77 bits per heavy atom. The second-order valence-corrected chi connectivity index (χ2v) is 9.15. The van der Waals surface area contributed by atoms with Crippen molar-refractivity contribution in [3.05, 3.63) is 82.9 Å². The number of pyridine rings is 1. The Kier molecular flexibility index (Phi) is 4.95. The largest absolute Gasteiger partial charge is 0.346 e. The van der Waals surface area contributed by atoms with Crippen LogP contribution in [0, 0.1) is 13.8 Å². The second-order valence-electron chi connectivity index (χ2n) is 7.92. The maximum Gasteiger partial charge on any atom is 0.137 e. The number of fused-ring (bicyclic) bond motifs is 1. The highest BCUT2D eigenvalue weighted by molar-refractivity contribution is 8.15. The Hall–Kier alpha value is -2.86. The number of nitrogens with one attached hydrogen (secondary N) is 1. The molecule has 1 N–H and O–H groups in total. The maximum atomic E-state index is 4.92. The van der Waals surface area contributed by atoms with E-state index in [4.69, 9.17) is 10.1 Å². The number of H-pyrrole nitrogens is 1. The number of aromatic amines is 1. The predicted molar refractivity (Wildman–Crippen MR) is 124 cm³/mol. The number of thioether (sulfide) groups is 1. The monoisotopic (exact) mass is 415 g/mol. The molecule has 0 radical (unpaired) electrons. The molecule has 0 saturated carbocycles. The van der Waals surface area contributed by atoms with Crippen LogP contribution in [0.1, 0.15) is 35.0 Å². The Morgan fingerprint density at radius 2 is 1.93 bits per heavy atom. The third-order valence-corrected chi connectivity index (χ3v) is 7.34. The first-order valence-corrected chi connectivity index (χ1v) is 11.2. The standard InChI is InChI=1S/C24H25N5S/c1-15-21(12-19-13-26-23-20(19)10-7-11-25-23)17(3)29(28-15)14-22-16(2)27-24(30-22)18-8-5-4-6-9-18/h4-11,13,16,22H,12,14H2,1-3H3,(H,25,26). The molecule has 1 aromatic carbocycles. The Morgan fingerprint density at radius 1 is 1.10 bits per heavy atom. The highest BCUT2D eigenvalue weighted by Gasteiger charge is 2.29. The number of rotatable bonds is 5. The minimum Gasteiger partial charge on any atom is -0.346 e. The number of aryl methyl sites for hydroxylation is 1. The van der Waals surface area contributed by atoms with Crippen molar-refractivity contribution in [1.29, 1.82) is 0 Å². The van der Waals surface area contributed by atoms with E-state index in [9.17, 15) is 0 Å². The molecule has 4 heterocycles. The fourth-order valence-electron chi connectivity index (χ4n) is 4.14. The quantitative estimate of drug-likeness (QED) is 0.503. The Labute approximate surface area is 180 Å². The lowest BCUT2D eigenvalue weighted by atomic mass is 10.0. The van der Waals surface area contributed by atoms with Crippen molar-refractivity contribution < 1.29 is 0 Å². The Balaban J connectivity index is 1.36. The summed E-state index contributed by atoms with van der Waals surface area (Å²) in [4.78, 5) is 12.6. The van der Waals surface area contributed by atoms with E-state index in [1.807, 2.05) is 30.1 Å². The van der Waals surface area contributed by atoms with Crippen molar-refractivity contribution in [1.82, 2.24) is 19.7 Å². The molecular weight excluding hydrogens is 390 g/mol. The molecule has 0 aliphatic carbocycles. The van der Waals surface area contributed by atoms with Crippen LogP contribution in [0.2, 0.25) is 0 Å². The summed E-state index contributed by atoms with van der Waals surface area (Å²) >= 11 is 1.87. The molecule has 5 rings (SSSR count). The molecule has 152 valence electrons. The van der Waals surface area contributed by atoms with Crippen molar-refractivity contribution in [2.75, 3.05) is 0 Å². The van der Waals surface area contributed by atoms with Gasteiger partial charge in [-0.15, -0.1) is 0 Å². The summed E-state index contributed by atoms with van der Waals surface area (Å²) < 4.78 is 2.18. The topological polar surface area (TPSA) is 58.9 Å². The van der Waals surface area contributed by atoms with Gasteiger partial charge < -0.3 is 4.98 Å². The molecule has 2 unspecified atom stereocenters. The zero-order chi connectivity index (χ0) is 20.7. The van der Waals surface area contributed by atoms with Gasteiger partial charge in [0.25, 0.3) is 0 Å². The molecule has 0 fully saturated rings. The van der Waals surface area contributed by atoms with Crippen molar-refractivity contribution >= 4 is 27.8 Å². The molecule has 6 heteroatoms. The highest BCUT2D eigenvalue weighted by atomic mass is 32.2. The van der Waals surface area contributed by atoms with Crippen LogP contribution in [0.4, 0.5) is 0 Å². The van der Waals surface area contributed by atoms with E-state index in [0.29, 0.717) is 5.25 Å². The zero-order valence-corrected chi connectivity index (χ0v) is 18.3. The maximum absolute atomic E-state index is 4.92. The fraction of sp³-hybridized carbons (Fsp3) is 0.292. The number of hydrogen-bond acceptors (Lipinski definition) is 4. The van der Waals surface area contributed by atoms with Crippen LogP contribution in [-0.4, -0.2) is 36.1 Å². The summed E-state index contributed by atoms with van der Waals surface area (Å²) in [5.41, 5.74) is 7.06. The number of hydrogen-bond donors (Lipinski definition) is 1. The lowest BCUT2D eigenvalue weighted by Crippen LogP contribution is -2.22. The van der Waals surface area contributed by atoms with Gasteiger partial charge in [0, 0.05) is 41.0 Å². The van der Waals surface area contributed by atoms with Crippen molar-refractivity contribution in [2.45, 2.75) is 45.0 Å². The van der Waals surface area contributed by atoms with E-state index in [2.05, 4.69) is 71.9 Å². The molecule has 0 spiro atoms. The van der Waals surface area contributed by atoms with E-state index in [-0.39, 0.29) is 6.04 Å². The summed E-state index contributed by atoms with van der Waals surface area (Å²) in [7, 11) is 0. The van der Waals surface area contributed by atoms with Crippen LogP contribution in [0.3, 0.4) is 0 Å². The molecule has 4 aromatic rings. The molecule has 0 saturated heterocycles. The molecule has 2 atom stereocenters. The molecule has 1 aliphatic heterocycles. The number of aromatic nitrogens is 4. The van der Waals surface area contributed by atoms with Gasteiger partial charge in [0.05, 0.1) is 28.6 Å². The summed E-state index contributed by atoms with van der Waals surface area (Å²) in [5, 5.41) is 7.61. The van der Waals surface area contributed by atoms with Gasteiger partial charge in [-0.05, 0) is 38.5 Å². The average molecular weight is 416 g/mol. The van der Waals surface area contributed by atoms with Crippen molar-refractivity contribution in [3.8, 4) is 0 Å². The van der Waals surface area contributed by atoms with E-state index in [1.165, 1.54) is 27.8 Å². The molecule has 30 heavy (non-hydrogen) atoms. The predicted octanol–water partition coefficient (Wildman–Crippen LogP) is 4.92. The lowest BCUT2D eigenvalue weighted by Gasteiger charge is -2.15. The van der Waals surface area contributed by atoms with Crippen LogP contribution in [0.25, 0.3) is 11.0 Å². The number of nitrogens with zero attached hydrogens (tertiary/aromatic N) is 4. The highest BCUT2D eigenvalue weighted by Crippen LogP contribution is 2.32. The van der Waals surface area contributed by atoms with E-state index < -0.39 is 0 Å². The molecule has 1 aliphatic rings. The van der Waals surface area contributed by atoms with Crippen LogP contribution < -0.4 is 0 Å². The summed E-state index contributed by atoms with van der Waals surface area (Å²) in [5.74, 6) is 0. The first kappa shape index (κ1) is 19.1. The number of benzene rings is 1. The summed E-state index contributed by atoms with van der Waals surface area (Å²) in [6, 6.07) is 14.9. The average Bonchev–Trinajstić information content (AvgIpc) is 3.42. The van der Waals surface area contributed by atoms with Gasteiger partial charge >= 0.3 is 0 Å². The van der Waals surface area contributed by atoms with Gasteiger partial charge in [0.2, 0.25) is 0 Å². The smallest absolute Gasteiger partial charge is 0.137 e. The Bertz CT molecular complexity index is 1220. The summed E-state index contributed by atoms with van der Waals surface area (Å²) in [6.45, 7) is 7.38. The fourth-order valence-corrected chi connectivity index (χ4v) is 5.40. The van der Waals surface area contributed by atoms with Gasteiger partial charge in [-0.25, -0.2) is 4.98 Å². The minimum absolute atomic E-state index is 0.275. The number of aliphatic imine (C=N–C) groups is 1. The molecular formula is C24H25N5S. The van der Waals surface area contributed by atoms with Gasteiger partial charge in [0.15, 0.2) is 0 Å². The first-order chi connectivity index (χ1) is 14.6. The molecule has 5 nitrogen and oxygen atoms in total. The lowest BCUT2D eigenvalue weighted by molar-refractivity contribution is 0.538. The van der Waals surface area contributed by atoms with Crippen LogP contribution in [0.15, 0.2) is 59.9 Å². The zero-order valence-electron chi connectivity index (χ0n) is 17.5. The van der Waals surface area contributed by atoms with Gasteiger partial charge in [-0.2, -0.15) is 5.10 Å². The third kappa shape index (κ3) is 3.45. The van der Waals surface area contributed by atoms with E-state index in [1.54, 1.807) is 0 Å². The minimum atomic E-state index is 0.275. The molecule has 3 aromatic heterocycles. The third-order valence-electron chi connectivity index (χ3n) is 5.93. The van der Waals surface area contributed by atoms with Crippen LogP contribution in [0.5, 0.6) is 0 Å². The van der Waals surface area contributed by atoms with Crippen molar-refractivity contribution in [2.24, 2.45) is 4.99 Å². The second kappa shape index (κ2) is 7.76. The van der Waals surface area contributed by atoms with Crippen LogP contribution in [-0.2, 0) is 13.0 Å². The SMILES string of the molecule is Cc1nn(CC2SC(c3ccccc3)=NC2C)c(C)c1Cc1c[nH]c2ncccc12. The first-order valence-electron chi connectivity index (χ1n) is 10.3. The molecule has 0 amide bonds. The van der Waals surface area contributed by atoms with Crippen molar-refractivity contribution in [3.63, 3.8) is 0 Å². The van der Waals surface area contributed by atoms with Gasteiger partial charge in [-0.3, -0.25) is 9.67 Å². The van der Waals surface area contributed by atoms with Crippen LogP contribution >= 0.6 is 11.8 Å². The summed E-state index contributed by atoms with van der Waals surface area (Å²) in [6.07, 6.45) is 4.76.